The van der Waals surface area contributed by atoms with Crippen LogP contribution < -0.4 is 0 Å². The molecule has 3 aromatic rings. The van der Waals surface area contributed by atoms with Gasteiger partial charge >= 0.3 is 0 Å². The molecular weight excluding hydrogens is 396 g/mol. The first-order valence-electron chi connectivity index (χ1n) is 9.88. The van der Waals surface area contributed by atoms with E-state index in [9.17, 15) is 13.6 Å². The number of carbonyl (C=O) groups is 1. The van der Waals surface area contributed by atoms with Crippen LogP contribution in [-0.4, -0.2) is 10.8 Å². The zero-order chi connectivity index (χ0) is 22.4. The van der Waals surface area contributed by atoms with Crippen molar-refractivity contribution in [3.05, 3.63) is 107 Å². The van der Waals surface area contributed by atoms with Gasteiger partial charge in [0.25, 0.3) is 0 Å². The lowest BCUT2D eigenvalue weighted by Crippen LogP contribution is -2.02. The lowest BCUT2D eigenvalue weighted by Gasteiger charge is -2.13. The van der Waals surface area contributed by atoms with E-state index in [2.05, 4.69) is 4.98 Å². The van der Waals surface area contributed by atoms with Crippen LogP contribution in [-0.2, 0) is 11.3 Å². The third-order valence-corrected chi connectivity index (χ3v) is 4.79. The Kier molecular flexibility index (Phi) is 7.08. The van der Waals surface area contributed by atoms with Gasteiger partial charge in [-0.05, 0) is 56.7 Å². The number of hydrogen-bond donors (Lipinski definition) is 0. The van der Waals surface area contributed by atoms with Crippen LogP contribution in [0, 0.1) is 18.6 Å². The SMILES string of the molecule is C/C=C\C=C(\OCc1c(F)cccc1F)c1ccc(-c2cccc(C(C)=O)c2)c(C)n1. The lowest BCUT2D eigenvalue weighted by atomic mass is 10.00. The van der Waals surface area contributed by atoms with Crippen LogP contribution in [0.4, 0.5) is 8.78 Å². The molecule has 3 nitrogen and oxygen atoms in total. The molecule has 5 heteroatoms. The molecule has 158 valence electrons. The summed E-state index contributed by atoms with van der Waals surface area (Å²) in [7, 11) is 0. The molecule has 2 aromatic carbocycles. The van der Waals surface area contributed by atoms with Crippen molar-refractivity contribution in [1.82, 2.24) is 4.98 Å². The molecule has 0 saturated heterocycles. The molecule has 0 saturated carbocycles. The topological polar surface area (TPSA) is 39.2 Å². The zero-order valence-corrected chi connectivity index (χ0v) is 17.7. The minimum absolute atomic E-state index is 0.00516. The van der Waals surface area contributed by atoms with Gasteiger partial charge in [0.15, 0.2) is 5.78 Å². The fourth-order valence-electron chi connectivity index (χ4n) is 3.12. The average molecular weight is 419 g/mol. The summed E-state index contributed by atoms with van der Waals surface area (Å²) in [6.45, 7) is 4.99. The third-order valence-electron chi connectivity index (χ3n) is 4.79. The number of Topliss-reactive ketones (excluding diaryl/α,β-unsaturated/α-hetero) is 1. The van der Waals surface area contributed by atoms with Crippen molar-refractivity contribution in [3.63, 3.8) is 0 Å². The summed E-state index contributed by atoms with van der Waals surface area (Å²) in [5.41, 5.74) is 3.55. The van der Waals surface area contributed by atoms with Crippen LogP contribution in [0.25, 0.3) is 16.9 Å². The quantitative estimate of drug-likeness (QED) is 0.244. The summed E-state index contributed by atoms with van der Waals surface area (Å²) in [5, 5.41) is 0. The van der Waals surface area contributed by atoms with Crippen molar-refractivity contribution in [2.24, 2.45) is 0 Å². The summed E-state index contributed by atoms with van der Waals surface area (Å²) in [6.07, 6.45) is 5.30. The summed E-state index contributed by atoms with van der Waals surface area (Å²) >= 11 is 0. The van der Waals surface area contributed by atoms with Crippen LogP contribution in [0.2, 0.25) is 0 Å². The molecule has 0 unspecified atom stereocenters. The molecular formula is C26H23F2NO2. The highest BCUT2D eigenvalue weighted by Gasteiger charge is 2.13. The van der Waals surface area contributed by atoms with E-state index < -0.39 is 11.6 Å². The molecule has 0 fully saturated rings. The van der Waals surface area contributed by atoms with Gasteiger partial charge in [0, 0.05) is 16.8 Å². The molecule has 0 aliphatic carbocycles. The first-order chi connectivity index (χ1) is 14.9. The van der Waals surface area contributed by atoms with Gasteiger partial charge in [-0.25, -0.2) is 13.8 Å². The van der Waals surface area contributed by atoms with E-state index in [-0.39, 0.29) is 18.0 Å². The molecule has 3 rings (SSSR count). The van der Waals surface area contributed by atoms with Crippen molar-refractivity contribution in [1.29, 1.82) is 0 Å². The van der Waals surface area contributed by atoms with Crippen molar-refractivity contribution >= 4 is 11.5 Å². The van der Waals surface area contributed by atoms with Gasteiger partial charge in [-0.15, -0.1) is 0 Å². The van der Waals surface area contributed by atoms with Gasteiger partial charge in [-0.1, -0.05) is 42.5 Å². The number of aryl methyl sites for hydroxylation is 1. The van der Waals surface area contributed by atoms with Crippen LogP contribution in [0.5, 0.6) is 0 Å². The molecule has 0 spiro atoms. The molecule has 0 radical (unpaired) electrons. The van der Waals surface area contributed by atoms with E-state index in [4.69, 9.17) is 4.74 Å². The number of benzene rings is 2. The predicted molar refractivity (Wildman–Crippen MR) is 118 cm³/mol. The van der Waals surface area contributed by atoms with Gasteiger partial charge in [0.05, 0.1) is 5.56 Å². The molecule has 0 amide bonds. The Morgan fingerprint density at radius 1 is 1.06 bits per heavy atom. The number of ketones is 1. The normalized spacial score (nSPS) is 11.7. The smallest absolute Gasteiger partial charge is 0.159 e. The lowest BCUT2D eigenvalue weighted by molar-refractivity contribution is 0.101. The predicted octanol–water partition coefficient (Wildman–Crippen LogP) is 6.67. The highest BCUT2D eigenvalue weighted by Crippen LogP contribution is 2.27. The number of hydrogen-bond acceptors (Lipinski definition) is 3. The van der Waals surface area contributed by atoms with Crippen LogP contribution in [0.1, 0.15) is 41.2 Å². The van der Waals surface area contributed by atoms with Gasteiger partial charge < -0.3 is 4.74 Å². The second-order valence-electron chi connectivity index (χ2n) is 7.01. The fourth-order valence-corrected chi connectivity index (χ4v) is 3.12. The zero-order valence-electron chi connectivity index (χ0n) is 17.7. The summed E-state index contributed by atoms with van der Waals surface area (Å²) in [6, 6.07) is 14.8. The largest absolute Gasteiger partial charge is 0.486 e. The number of rotatable bonds is 7. The number of carbonyl (C=O) groups excluding carboxylic acids is 1. The van der Waals surface area contributed by atoms with E-state index in [0.717, 1.165) is 16.8 Å². The Hall–Kier alpha value is -3.60. The van der Waals surface area contributed by atoms with Crippen LogP contribution in [0.15, 0.2) is 72.8 Å². The Morgan fingerprint density at radius 3 is 2.42 bits per heavy atom. The molecule has 0 bridgehead atoms. The van der Waals surface area contributed by atoms with Crippen molar-refractivity contribution < 1.29 is 18.3 Å². The maximum Gasteiger partial charge on any atom is 0.159 e. The van der Waals surface area contributed by atoms with Gasteiger partial charge in [0.1, 0.15) is 29.7 Å². The minimum atomic E-state index is -0.657. The molecule has 31 heavy (non-hydrogen) atoms. The standard InChI is InChI=1S/C26H23F2NO2/c1-4-5-12-26(31-16-22-23(27)10-7-11-24(22)28)25-14-13-21(17(2)29-25)20-9-6-8-19(15-20)18(3)30/h4-15H,16H2,1-3H3/b5-4-,26-12+. The minimum Gasteiger partial charge on any atom is -0.486 e. The highest BCUT2D eigenvalue weighted by molar-refractivity contribution is 5.95. The van der Waals surface area contributed by atoms with Gasteiger partial charge in [0.2, 0.25) is 0 Å². The van der Waals surface area contributed by atoms with Crippen molar-refractivity contribution in [2.75, 3.05) is 0 Å². The Bertz CT molecular complexity index is 1150. The summed E-state index contributed by atoms with van der Waals surface area (Å²) in [4.78, 5) is 16.3. The second-order valence-corrected chi connectivity index (χ2v) is 7.01. The van der Waals surface area contributed by atoms with E-state index >= 15 is 0 Å². The number of nitrogens with zero attached hydrogens (tertiary/aromatic N) is 1. The molecule has 0 N–H and O–H groups in total. The number of pyridine rings is 1. The first kappa shape index (κ1) is 22.1. The van der Waals surface area contributed by atoms with E-state index in [1.54, 1.807) is 24.3 Å². The second kappa shape index (κ2) is 9.94. The number of ether oxygens (including phenoxy) is 1. The van der Waals surface area contributed by atoms with E-state index in [0.29, 0.717) is 17.0 Å². The summed E-state index contributed by atoms with van der Waals surface area (Å²) < 4.78 is 33.7. The third kappa shape index (κ3) is 5.31. The molecule has 0 aliphatic heterocycles. The highest BCUT2D eigenvalue weighted by atomic mass is 19.1. The Morgan fingerprint density at radius 2 is 1.77 bits per heavy atom. The van der Waals surface area contributed by atoms with Gasteiger partial charge in [-0.3, -0.25) is 4.79 Å². The maximum atomic E-state index is 14.0. The van der Waals surface area contributed by atoms with Gasteiger partial charge in [-0.2, -0.15) is 0 Å². The number of allylic oxidation sites excluding steroid dienone is 3. The molecule has 0 atom stereocenters. The Labute approximate surface area is 180 Å². The maximum absolute atomic E-state index is 14.0. The summed E-state index contributed by atoms with van der Waals surface area (Å²) in [5.74, 6) is -0.923. The molecule has 1 aromatic heterocycles. The number of halogens is 2. The average Bonchev–Trinajstić information content (AvgIpc) is 2.75. The monoisotopic (exact) mass is 419 g/mol. The van der Waals surface area contributed by atoms with Crippen LogP contribution >= 0.6 is 0 Å². The van der Waals surface area contributed by atoms with Crippen molar-refractivity contribution in [2.45, 2.75) is 27.4 Å². The Balaban J connectivity index is 1.91. The van der Waals surface area contributed by atoms with Crippen molar-refractivity contribution in [3.8, 4) is 11.1 Å². The molecule has 1 heterocycles. The number of aromatic nitrogens is 1. The first-order valence-corrected chi connectivity index (χ1v) is 9.88. The van der Waals surface area contributed by atoms with Crippen LogP contribution in [0.3, 0.4) is 0 Å². The van der Waals surface area contributed by atoms with E-state index in [1.807, 2.05) is 44.2 Å². The fraction of sp³-hybridized carbons (Fsp3) is 0.154. The molecule has 0 aliphatic rings. The van der Waals surface area contributed by atoms with E-state index in [1.165, 1.54) is 25.1 Å².